The molecule has 2 heterocycles. The second-order valence-corrected chi connectivity index (χ2v) is 6.87. The fourth-order valence-corrected chi connectivity index (χ4v) is 2.87. The molecule has 0 radical (unpaired) electrons. The largest absolute Gasteiger partial charge is 0.746 e. The van der Waals surface area contributed by atoms with Crippen LogP contribution >= 0.6 is 7.82 Å². The molecule has 0 saturated carbocycles. The molecule has 1 unspecified atom stereocenters. The van der Waals surface area contributed by atoms with E-state index in [9.17, 15) is 42.1 Å². The number of aliphatic hydroxyl groups is 1. The maximum absolute atomic E-state index is 12.0. The Morgan fingerprint density at radius 3 is 2.74 bits per heavy atom. The van der Waals surface area contributed by atoms with Gasteiger partial charge in [-0.15, -0.1) is 0 Å². The Labute approximate surface area is 147 Å². The number of aromatic nitrogens is 2. The van der Waals surface area contributed by atoms with Gasteiger partial charge in [0.1, 0.15) is 12.3 Å². The van der Waals surface area contributed by atoms with E-state index in [-0.39, 0.29) is 12.0 Å². The van der Waals surface area contributed by atoms with Gasteiger partial charge in [-0.2, -0.15) is 13.2 Å². The zero-order chi connectivity index (χ0) is 20.6. The summed E-state index contributed by atoms with van der Waals surface area (Å²) in [6.07, 6.45) is -8.40. The van der Waals surface area contributed by atoms with E-state index in [1.54, 1.807) is 0 Å². The van der Waals surface area contributed by atoms with Crippen molar-refractivity contribution in [2.75, 3.05) is 6.61 Å². The molecule has 0 amide bonds. The van der Waals surface area contributed by atoms with Gasteiger partial charge >= 0.3 is 25.7 Å². The van der Waals surface area contributed by atoms with Crippen LogP contribution < -0.4 is 16.1 Å². The third kappa shape index (κ3) is 5.26. The van der Waals surface area contributed by atoms with E-state index in [2.05, 4.69) is 9.05 Å². The number of aromatic amines is 1. The molecule has 27 heavy (non-hydrogen) atoms. The number of carbonyl (C=O) groups excluding carboxylic acids is 1. The number of nitrogens with zero attached hydrogens (tertiary/aromatic N) is 1. The van der Waals surface area contributed by atoms with Gasteiger partial charge in [-0.25, -0.2) is 9.59 Å². The number of hydrogen-bond donors (Lipinski definition) is 2. The number of rotatable bonds is 5. The van der Waals surface area contributed by atoms with Crippen LogP contribution in [0.1, 0.15) is 18.2 Å². The molecule has 2 N–H and O–H groups in total. The van der Waals surface area contributed by atoms with Crippen LogP contribution in [0.25, 0.3) is 0 Å². The van der Waals surface area contributed by atoms with Crippen LogP contribution in [-0.4, -0.2) is 45.6 Å². The van der Waals surface area contributed by atoms with Crippen molar-refractivity contribution in [3.8, 4) is 0 Å². The van der Waals surface area contributed by atoms with Crippen molar-refractivity contribution in [2.24, 2.45) is 0 Å². The molecule has 4 atom stereocenters. The quantitative estimate of drug-likeness (QED) is 0.578. The summed E-state index contributed by atoms with van der Waals surface area (Å²) in [5.74, 6) is -2.98. The van der Waals surface area contributed by atoms with Crippen molar-refractivity contribution in [3.63, 3.8) is 0 Å². The molecule has 152 valence electrons. The van der Waals surface area contributed by atoms with Gasteiger partial charge in [-0.3, -0.25) is 18.9 Å². The number of alkyl halides is 3. The highest BCUT2D eigenvalue weighted by atomic mass is 31.2. The van der Waals surface area contributed by atoms with Crippen molar-refractivity contribution in [1.29, 1.82) is 0 Å². The highest BCUT2D eigenvalue weighted by molar-refractivity contribution is 7.46. The summed E-state index contributed by atoms with van der Waals surface area (Å²) in [6.45, 7) is 0.435. The minimum atomic E-state index is -5.67. The molecule has 1 aromatic heterocycles. The molecule has 1 aliphatic heterocycles. The maximum atomic E-state index is 12.0. The van der Waals surface area contributed by atoms with Crippen LogP contribution in [0.3, 0.4) is 0 Å². The number of hydrogen-bond acceptors (Lipinski definition) is 9. The van der Waals surface area contributed by atoms with E-state index in [1.165, 1.54) is 6.92 Å². The van der Waals surface area contributed by atoms with E-state index < -0.39 is 56.3 Å². The van der Waals surface area contributed by atoms with Gasteiger partial charge in [0.25, 0.3) is 5.56 Å². The summed E-state index contributed by atoms with van der Waals surface area (Å²) < 4.78 is 60.9. The topological polar surface area (TPSA) is 160 Å². The Hall–Kier alpha value is -1.99. The average Bonchev–Trinajstić information content (AvgIpc) is 2.88. The molecule has 0 aromatic carbocycles. The minimum Gasteiger partial charge on any atom is -0.746 e. The van der Waals surface area contributed by atoms with E-state index in [4.69, 9.17) is 4.74 Å². The third-order valence-corrected chi connectivity index (χ3v) is 4.34. The van der Waals surface area contributed by atoms with Gasteiger partial charge < -0.3 is 23.8 Å². The summed E-state index contributed by atoms with van der Waals surface area (Å²) in [7, 11) is -5.67. The van der Waals surface area contributed by atoms with E-state index in [1.807, 2.05) is 4.98 Å². The molecular formula is C12H13F3N2O9P-. The number of halogens is 3. The molecule has 11 nitrogen and oxygen atoms in total. The second kappa shape index (κ2) is 7.56. The predicted molar refractivity (Wildman–Crippen MR) is 76.3 cm³/mol. The first-order valence-corrected chi connectivity index (χ1v) is 8.68. The first-order chi connectivity index (χ1) is 12.3. The summed E-state index contributed by atoms with van der Waals surface area (Å²) in [6, 6.07) is 0. The molecule has 0 spiro atoms. The Balaban J connectivity index is 2.02. The molecule has 1 fully saturated rings. The minimum absolute atomic E-state index is 0.163. The molecule has 0 aliphatic carbocycles. The normalized spacial score (nSPS) is 25.2. The van der Waals surface area contributed by atoms with Crippen LogP contribution in [0.15, 0.2) is 15.8 Å². The Kier molecular flexibility index (Phi) is 5.97. The summed E-state index contributed by atoms with van der Waals surface area (Å²) in [4.78, 5) is 46.9. The van der Waals surface area contributed by atoms with Gasteiger partial charge in [0, 0.05) is 18.2 Å². The molecule has 2 rings (SSSR count). The first-order valence-electron chi connectivity index (χ1n) is 7.22. The Morgan fingerprint density at radius 1 is 1.52 bits per heavy atom. The van der Waals surface area contributed by atoms with E-state index in [0.717, 1.165) is 10.8 Å². The fourth-order valence-electron chi connectivity index (χ4n) is 2.18. The smallest absolute Gasteiger partial charge is 0.491 e. The number of aryl methyl sites for hydroxylation is 1. The number of ether oxygens (including phenoxy) is 1. The highest BCUT2D eigenvalue weighted by Gasteiger charge is 2.44. The Bertz CT molecular complexity index is 880. The van der Waals surface area contributed by atoms with Crippen molar-refractivity contribution >= 4 is 13.8 Å². The number of phosphoric ester groups is 1. The Morgan fingerprint density at radius 2 is 2.15 bits per heavy atom. The lowest BCUT2D eigenvalue weighted by Gasteiger charge is -2.24. The van der Waals surface area contributed by atoms with Gasteiger partial charge in [0.2, 0.25) is 0 Å². The molecule has 15 heteroatoms. The number of phosphoric acid groups is 1. The standard InChI is InChI=1S/C12H14F3N2O9P/c1-5-3-17(11(21)16-9(5)19)8-2-6(18)7(25-8)4-24-27(22,23)26-10(20)12(13,14)15/h3,6-8,18H,2,4H2,1H3,(H,22,23)(H,16,19,21)/p-1/t6-,7+,8+/m0/s1. The molecule has 0 bridgehead atoms. The molecule has 1 aromatic rings. The molecular weight excluding hydrogens is 404 g/mol. The molecule has 1 aliphatic rings. The summed E-state index contributed by atoms with van der Waals surface area (Å²) in [5.41, 5.74) is -1.32. The van der Waals surface area contributed by atoms with Crippen LogP contribution in [0.2, 0.25) is 0 Å². The number of carbonyl (C=O) groups is 1. The van der Waals surface area contributed by atoms with Crippen LogP contribution in [0, 0.1) is 6.92 Å². The van der Waals surface area contributed by atoms with Gasteiger partial charge in [0.15, 0.2) is 0 Å². The number of H-pyrrole nitrogens is 1. The lowest BCUT2D eigenvalue weighted by Crippen LogP contribution is -2.33. The maximum Gasteiger partial charge on any atom is 0.491 e. The predicted octanol–water partition coefficient (Wildman–Crippen LogP) is -0.916. The monoisotopic (exact) mass is 417 g/mol. The lowest BCUT2D eigenvalue weighted by molar-refractivity contribution is -0.238. The SMILES string of the molecule is Cc1cn([C@H]2C[C@H](O)[C@@H](COP(=O)([O-])OC(=O)C(F)(F)F)O2)c(=O)[nH]c1=O. The van der Waals surface area contributed by atoms with Crippen molar-refractivity contribution in [3.05, 3.63) is 32.6 Å². The fraction of sp³-hybridized carbons (Fsp3) is 0.583. The van der Waals surface area contributed by atoms with Gasteiger partial charge in [-0.05, 0) is 6.92 Å². The van der Waals surface area contributed by atoms with Crippen molar-refractivity contribution < 1.29 is 46.3 Å². The zero-order valence-corrected chi connectivity index (χ0v) is 14.4. The lowest BCUT2D eigenvalue weighted by atomic mass is 10.2. The summed E-state index contributed by atoms with van der Waals surface area (Å²) >= 11 is 0. The average molecular weight is 417 g/mol. The number of aliphatic hydroxyl groups excluding tert-OH is 1. The van der Waals surface area contributed by atoms with Gasteiger partial charge in [-0.1, -0.05) is 0 Å². The summed E-state index contributed by atoms with van der Waals surface area (Å²) in [5, 5.41) is 9.87. The van der Waals surface area contributed by atoms with Crippen LogP contribution in [0.5, 0.6) is 0 Å². The van der Waals surface area contributed by atoms with Gasteiger partial charge in [0.05, 0.1) is 12.7 Å². The highest BCUT2D eigenvalue weighted by Crippen LogP contribution is 2.42. The number of nitrogens with one attached hydrogen (secondary N) is 1. The van der Waals surface area contributed by atoms with Crippen LogP contribution in [0.4, 0.5) is 13.2 Å². The first kappa shape index (κ1) is 21.3. The second-order valence-electron chi connectivity index (χ2n) is 5.53. The van der Waals surface area contributed by atoms with E-state index >= 15 is 0 Å². The van der Waals surface area contributed by atoms with Crippen molar-refractivity contribution in [2.45, 2.75) is 38.0 Å². The third-order valence-electron chi connectivity index (χ3n) is 3.48. The zero-order valence-electron chi connectivity index (χ0n) is 13.5. The van der Waals surface area contributed by atoms with Crippen LogP contribution in [-0.2, 0) is 23.1 Å². The van der Waals surface area contributed by atoms with E-state index in [0.29, 0.717) is 0 Å². The van der Waals surface area contributed by atoms with Crippen molar-refractivity contribution in [1.82, 2.24) is 9.55 Å². The molecule has 1 saturated heterocycles.